The molecule has 4 atom stereocenters. The van der Waals surface area contributed by atoms with Gasteiger partial charge in [0.2, 0.25) is 0 Å². The van der Waals surface area contributed by atoms with Crippen molar-refractivity contribution in [1.29, 1.82) is 0 Å². The van der Waals surface area contributed by atoms with Gasteiger partial charge in [0.25, 0.3) is 0 Å². The molecule has 0 spiro atoms. The lowest BCUT2D eigenvalue weighted by molar-refractivity contribution is -0.0848. The van der Waals surface area contributed by atoms with Gasteiger partial charge >= 0.3 is 0 Å². The second-order valence-corrected chi connectivity index (χ2v) is 6.52. The van der Waals surface area contributed by atoms with Gasteiger partial charge in [0, 0.05) is 43.4 Å². The van der Waals surface area contributed by atoms with E-state index >= 15 is 0 Å². The predicted molar refractivity (Wildman–Crippen MR) is 88.2 cm³/mol. The Morgan fingerprint density at radius 2 is 2.22 bits per heavy atom. The maximum absolute atomic E-state index is 6.12. The third-order valence-electron chi connectivity index (χ3n) is 5.54. The van der Waals surface area contributed by atoms with Crippen LogP contribution in [-0.2, 0) is 14.2 Å². The highest BCUT2D eigenvalue weighted by Crippen LogP contribution is 2.55. The topological polar surface area (TPSA) is 32.6 Å². The Morgan fingerprint density at radius 1 is 1.30 bits per heavy atom. The van der Waals surface area contributed by atoms with Crippen molar-refractivity contribution in [2.45, 2.75) is 31.8 Å². The normalized spacial score (nSPS) is 31.7. The van der Waals surface area contributed by atoms with Gasteiger partial charge in [0.15, 0.2) is 6.23 Å². The summed E-state index contributed by atoms with van der Waals surface area (Å²) < 4.78 is 20.3. The maximum Gasteiger partial charge on any atom is 0.164 e. The van der Waals surface area contributed by atoms with E-state index in [1.54, 1.807) is 7.11 Å². The number of rotatable bonds is 3. The molecule has 4 nitrogen and oxygen atoms in total. The molecule has 1 aliphatic carbocycles. The van der Waals surface area contributed by atoms with Crippen LogP contribution in [0.25, 0.3) is 16.5 Å². The summed E-state index contributed by atoms with van der Waals surface area (Å²) in [6.07, 6.45) is 3.21. The molecule has 0 N–H and O–H groups in total. The van der Waals surface area contributed by atoms with Crippen LogP contribution in [0.4, 0.5) is 0 Å². The summed E-state index contributed by atoms with van der Waals surface area (Å²) in [5.41, 5.74) is 5.33. The Hall–Kier alpha value is -1.62. The molecule has 0 saturated carbocycles. The zero-order chi connectivity index (χ0) is 15.6. The molecule has 0 radical (unpaired) electrons. The molecule has 4 heteroatoms. The van der Waals surface area contributed by atoms with Crippen LogP contribution in [0.3, 0.4) is 0 Å². The van der Waals surface area contributed by atoms with E-state index in [-0.39, 0.29) is 18.4 Å². The molecule has 1 aromatic carbocycles. The number of nitrogens with zero attached hydrogens (tertiary/aromatic N) is 1. The highest BCUT2D eigenvalue weighted by molar-refractivity contribution is 5.96. The number of benzene rings is 1. The van der Waals surface area contributed by atoms with Crippen molar-refractivity contribution >= 4 is 16.5 Å². The first-order valence-corrected chi connectivity index (χ1v) is 8.45. The van der Waals surface area contributed by atoms with E-state index in [1.165, 1.54) is 27.6 Å². The molecular formula is C19H21NO3. The van der Waals surface area contributed by atoms with Gasteiger partial charge in [0.1, 0.15) is 6.10 Å². The van der Waals surface area contributed by atoms with Crippen LogP contribution >= 0.6 is 0 Å². The first kappa shape index (κ1) is 13.8. The van der Waals surface area contributed by atoms with Crippen LogP contribution < -0.4 is 0 Å². The minimum atomic E-state index is -0.138. The molecule has 5 rings (SSSR count). The molecule has 0 amide bonds. The van der Waals surface area contributed by atoms with Crippen LogP contribution in [0.5, 0.6) is 0 Å². The number of para-hydroxylation sites is 1. The fraction of sp³-hybridized carbons (Fsp3) is 0.474. The van der Waals surface area contributed by atoms with Crippen LogP contribution in [-0.4, -0.2) is 37.1 Å². The van der Waals surface area contributed by atoms with E-state index in [9.17, 15) is 0 Å². The van der Waals surface area contributed by atoms with Gasteiger partial charge in [-0.1, -0.05) is 18.2 Å². The first-order chi connectivity index (χ1) is 11.3. The maximum atomic E-state index is 6.12. The molecule has 1 fully saturated rings. The highest BCUT2D eigenvalue weighted by Gasteiger charge is 2.52. The fourth-order valence-electron chi connectivity index (χ4n) is 4.66. The van der Waals surface area contributed by atoms with Gasteiger partial charge in [-0.3, -0.25) is 0 Å². The standard InChI is InChI=1S/C19H21NO3/c1-3-22-19-18(21-2)15-14(13-8-10-23-17(13)15)12-6-4-5-11-7-9-20(19)16(11)12/h4-7,9,13,17-19H,3,8,10H2,1-2H3/t13-,17-,18-,19-/m1/s1. The molecule has 1 saturated heterocycles. The SMILES string of the molecule is CCO[C@@H]1[C@H](OC)C2=C(c3cccc4ccn1c34)[C@H]1CCO[C@@H]21. The first-order valence-electron chi connectivity index (χ1n) is 8.45. The van der Waals surface area contributed by atoms with E-state index in [2.05, 4.69) is 35.0 Å². The average Bonchev–Trinajstić information content (AvgIpc) is 3.13. The summed E-state index contributed by atoms with van der Waals surface area (Å²) in [5.74, 6) is 0.511. The number of hydrogen-bond donors (Lipinski definition) is 0. The minimum Gasteiger partial charge on any atom is -0.373 e. The number of methoxy groups -OCH3 is 1. The van der Waals surface area contributed by atoms with Gasteiger partial charge in [0.05, 0.1) is 11.6 Å². The second-order valence-electron chi connectivity index (χ2n) is 6.52. The summed E-state index contributed by atoms with van der Waals surface area (Å²) in [6, 6.07) is 8.74. The Balaban J connectivity index is 1.81. The Bertz CT molecular complexity index is 806. The fourth-order valence-corrected chi connectivity index (χ4v) is 4.66. The number of hydrogen-bond acceptors (Lipinski definition) is 3. The summed E-state index contributed by atoms with van der Waals surface area (Å²) in [7, 11) is 1.78. The van der Waals surface area contributed by atoms with Gasteiger partial charge in [-0.15, -0.1) is 0 Å². The third-order valence-corrected chi connectivity index (χ3v) is 5.54. The van der Waals surface area contributed by atoms with Crippen molar-refractivity contribution in [2.75, 3.05) is 20.3 Å². The Kier molecular flexibility index (Phi) is 2.96. The molecule has 0 unspecified atom stereocenters. The predicted octanol–water partition coefficient (Wildman–Crippen LogP) is 3.38. The molecule has 3 heterocycles. The minimum absolute atomic E-state index is 0.0905. The molecule has 120 valence electrons. The number of fused-ring (bicyclic) bond motifs is 4. The van der Waals surface area contributed by atoms with Gasteiger partial charge in [-0.2, -0.15) is 0 Å². The van der Waals surface area contributed by atoms with Crippen LogP contribution in [0.1, 0.15) is 25.1 Å². The molecule has 3 aliphatic rings. The van der Waals surface area contributed by atoms with E-state index < -0.39 is 0 Å². The smallest absolute Gasteiger partial charge is 0.164 e. The van der Waals surface area contributed by atoms with Crippen LogP contribution in [0.15, 0.2) is 36.0 Å². The number of aromatic nitrogens is 1. The lowest BCUT2D eigenvalue weighted by Crippen LogP contribution is -2.41. The zero-order valence-corrected chi connectivity index (χ0v) is 13.5. The highest BCUT2D eigenvalue weighted by atomic mass is 16.5. The van der Waals surface area contributed by atoms with Crippen LogP contribution in [0, 0.1) is 5.92 Å². The molecule has 23 heavy (non-hydrogen) atoms. The lowest BCUT2D eigenvalue weighted by atomic mass is 9.69. The average molecular weight is 311 g/mol. The third kappa shape index (κ3) is 1.66. The largest absolute Gasteiger partial charge is 0.373 e. The summed E-state index contributed by atoms with van der Waals surface area (Å²) in [5, 5.41) is 1.26. The van der Waals surface area contributed by atoms with Crippen molar-refractivity contribution in [2.24, 2.45) is 5.92 Å². The molecule has 2 aromatic rings. The molecule has 0 bridgehead atoms. The van der Waals surface area contributed by atoms with Gasteiger partial charge in [-0.05, 0) is 30.6 Å². The van der Waals surface area contributed by atoms with Crippen molar-refractivity contribution in [3.8, 4) is 0 Å². The Labute approximate surface area is 135 Å². The van der Waals surface area contributed by atoms with Gasteiger partial charge < -0.3 is 18.8 Å². The van der Waals surface area contributed by atoms with E-state index in [0.717, 1.165) is 13.0 Å². The number of ether oxygens (including phenoxy) is 3. The molecular weight excluding hydrogens is 290 g/mol. The molecule has 2 aliphatic heterocycles. The van der Waals surface area contributed by atoms with E-state index in [0.29, 0.717) is 12.5 Å². The summed E-state index contributed by atoms with van der Waals surface area (Å²) in [6.45, 7) is 3.54. The van der Waals surface area contributed by atoms with Gasteiger partial charge in [-0.25, -0.2) is 0 Å². The van der Waals surface area contributed by atoms with Crippen molar-refractivity contribution in [3.05, 3.63) is 41.6 Å². The monoisotopic (exact) mass is 311 g/mol. The van der Waals surface area contributed by atoms with Crippen molar-refractivity contribution in [1.82, 2.24) is 4.57 Å². The Morgan fingerprint density at radius 3 is 3.04 bits per heavy atom. The van der Waals surface area contributed by atoms with Crippen molar-refractivity contribution < 1.29 is 14.2 Å². The van der Waals surface area contributed by atoms with E-state index in [4.69, 9.17) is 14.2 Å². The van der Waals surface area contributed by atoms with Crippen molar-refractivity contribution in [3.63, 3.8) is 0 Å². The molecule has 1 aromatic heterocycles. The second kappa shape index (κ2) is 4.94. The summed E-state index contributed by atoms with van der Waals surface area (Å²) >= 11 is 0. The van der Waals surface area contributed by atoms with E-state index in [1.807, 2.05) is 6.92 Å². The quantitative estimate of drug-likeness (QED) is 0.871. The van der Waals surface area contributed by atoms with Crippen LogP contribution in [0.2, 0.25) is 0 Å². The summed E-state index contributed by atoms with van der Waals surface area (Å²) in [4.78, 5) is 0. The zero-order valence-electron chi connectivity index (χ0n) is 13.5. The lowest BCUT2D eigenvalue weighted by Gasteiger charge is -2.40.